The summed E-state index contributed by atoms with van der Waals surface area (Å²) in [7, 11) is 0. The Morgan fingerprint density at radius 1 is 1.40 bits per heavy atom. The van der Waals surface area contributed by atoms with Gasteiger partial charge < -0.3 is 10.2 Å². The van der Waals surface area contributed by atoms with Crippen molar-refractivity contribution in [2.24, 2.45) is 0 Å². The lowest BCUT2D eigenvalue weighted by Gasteiger charge is -2.38. The summed E-state index contributed by atoms with van der Waals surface area (Å²) in [6, 6.07) is 2.66. The first-order valence-corrected chi connectivity index (χ1v) is 5.50. The molecule has 1 N–H and O–H groups in total. The average Bonchev–Trinajstić information content (AvgIpc) is 2.08. The Hall–Kier alpha value is -1.16. The molecule has 2 heterocycles. The molecule has 0 aliphatic carbocycles. The zero-order valence-corrected chi connectivity index (χ0v) is 9.62. The summed E-state index contributed by atoms with van der Waals surface area (Å²) < 4.78 is 0. The number of likely N-dealkylation sites (N-methyl/N-ethyl adjacent to an activating group) is 1. The molecule has 0 atom stereocenters. The van der Waals surface area contributed by atoms with Crippen molar-refractivity contribution in [3.8, 4) is 0 Å². The van der Waals surface area contributed by atoms with Crippen molar-refractivity contribution in [1.29, 1.82) is 0 Å². The van der Waals surface area contributed by atoms with Crippen LogP contribution in [0.5, 0.6) is 0 Å². The molecule has 4 heteroatoms. The Bertz CT molecular complexity index is 326. The van der Waals surface area contributed by atoms with E-state index in [2.05, 4.69) is 33.2 Å². The van der Waals surface area contributed by atoms with Crippen molar-refractivity contribution in [3.05, 3.63) is 17.6 Å². The van der Waals surface area contributed by atoms with Crippen molar-refractivity contribution in [2.75, 3.05) is 24.5 Å². The molecule has 1 aromatic heterocycles. The summed E-state index contributed by atoms with van der Waals surface area (Å²) in [5, 5.41) is 3.29. The summed E-state index contributed by atoms with van der Waals surface area (Å²) >= 11 is 0. The number of aryl methyl sites for hydroxylation is 2. The fourth-order valence-corrected chi connectivity index (χ4v) is 1.95. The second-order valence-corrected chi connectivity index (χ2v) is 4.01. The van der Waals surface area contributed by atoms with Gasteiger partial charge in [0.05, 0.1) is 6.04 Å². The van der Waals surface area contributed by atoms with E-state index in [0.29, 0.717) is 6.04 Å². The van der Waals surface area contributed by atoms with Gasteiger partial charge in [-0.15, -0.1) is 0 Å². The molecule has 15 heavy (non-hydrogen) atoms. The van der Waals surface area contributed by atoms with Gasteiger partial charge in [0.15, 0.2) is 0 Å². The quantitative estimate of drug-likeness (QED) is 0.797. The van der Waals surface area contributed by atoms with Crippen LogP contribution in [0.4, 0.5) is 5.82 Å². The van der Waals surface area contributed by atoms with Gasteiger partial charge in [0, 0.05) is 31.4 Å². The van der Waals surface area contributed by atoms with Crippen molar-refractivity contribution >= 4 is 5.82 Å². The summed E-state index contributed by atoms with van der Waals surface area (Å²) in [5.41, 5.74) is 1.04. The van der Waals surface area contributed by atoms with Crippen LogP contribution in [-0.4, -0.2) is 35.6 Å². The number of nitrogens with one attached hydrogen (secondary N) is 1. The van der Waals surface area contributed by atoms with Crippen molar-refractivity contribution in [3.63, 3.8) is 0 Å². The summed E-state index contributed by atoms with van der Waals surface area (Å²) in [5.74, 6) is 1.92. The first-order chi connectivity index (χ1) is 7.20. The molecule has 1 fully saturated rings. The standard InChI is InChI=1S/C11H18N4/c1-4-15(10-6-12-7-10)11-5-8(2)13-9(3)14-11/h5,10,12H,4,6-7H2,1-3H3. The molecular formula is C11H18N4. The van der Waals surface area contributed by atoms with E-state index in [0.717, 1.165) is 37.0 Å². The lowest BCUT2D eigenvalue weighted by Crippen LogP contribution is -2.57. The first-order valence-electron chi connectivity index (χ1n) is 5.50. The van der Waals surface area contributed by atoms with Crippen molar-refractivity contribution in [2.45, 2.75) is 26.8 Å². The van der Waals surface area contributed by atoms with E-state index in [4.69, 9.17) is 0 Å². The van der Waals surface area contributed by atoms with Gasteiger partial charge in [-0.05, 0) is 20.8 Å². The first kappa shape index (κ1) is 10.4. The molecule has 4 nitrogen and oxygen atoms in total. The topological polar surface area (TPSA) is 41.1 Å². The maximum absolute atomic E-state index is 4.50. The minimum atomic E-state index is 0.601. The summed E-state index contributed by atoms with van der Waals surface area (Å²) in [6.07, 6.45) is 0. The van der Waals surface area contributed by atoms with Crippen LogP contribution in [0, 0.1) is 13.8 Å². The Kier molecular flexibility index (Phi) is 2.86. The molecule has 0 spiro atoms. The Morgan fingerprint density at radius 2 is 2.13 bits per heavy atom. The van der Waals surface area contributed by atoms with Gasteiger partial charge in [0.1, 0.15) is 11.6 Å². The molecule has 0 radical (unpaired) electrons. The Morgan fingerprint density at radius 3 is 2.60 bits per heavy atom. The van der Waals surface area contributed by atoms with E-state index in [9.17, 15) is 0 Å². The number of hydrogen-bond acceptors (Lipinski definition) is 4. The predicted molar refractivity (Wildman–Crippen MR) is 61.2 cm³/mol. The molecule has 1 aliphatic heterocycles. The summed E-state index contributed by atoms with van der Waals surface area (Å²) in [6.45, 7) is 9.27. The predicted octanol–water partition coefficient (Wildman–Crippen LogP) is 0.892. The molecule has 0 saturated carbocycles. The zero-order valence-electron chi connectivity index (χ0n) is 9.62. The number of hydrogen-bond donors (Lipinski definition) is 1. The molecule has 0 unspecified atom stereocenters. The second kappa shape index (κ2) is 4.14. The van der Waals surface area contributed by atoms with Crippen LogP contribution < -0.4 is 10.2 Å². The van der Waals surface area contributed by atoms with E-state index in [1.54, 1.807) is 0 Å². The van der Waals surface area contributed by atoms with Gasteiger partial charge >= 0.3 is 0 Å². The van der Waals surface area contributed by atoms with Gasteiger partial charge in [0.25, 0.3) is 0 Å². The highest BCUT2D eigenvalue weighted by Crippen LogP contribution is 2.17. The minimum Gasteiger partial charge on any atom is -0.351 e. The zero-order chi connectivity index (χ0) is 10.8. The average molecular weight is 206 g/mol. The van der Waals surface area contributed by atoms with Crippen molar-refractivity contribution in [1.82, 2.24) is 15.3 Å². The second-order valence-electron chi connectivity index (χ2n) is 4.01. The highest BCUT2D eigenvalue weighted by molar-refractivity contribution is 5.41. The van der Waals surface area contributed by atoms with Gasteiger partial charge in [-0.25, -0.2) is 9.97 Å². The molecule has 1 aromatic rings. The number of rotatable bonds is 3. The third-order valence-corrected chi connectivity index (χ3v) is 2.79. The van der Waals surface area contributed by atoms with Gasteiger partial charge in [-0.1, -0.05) is 0 Å². The minimum absolute atomic E-state index is 0.601. The van der Waals surface area contributed by atoms with E-state index in [-0.39, 0.29) is 0 Å². The fourth-order valence-electron chi connectivity index (χ4n) is 1.95. The van der Waals surface area contributed by atoms with Crippen LogP contribution in [0.3, 0.4) is 0 Å². The maximum atomic E-state index is 4.50. The van der Waals surface area contributed by atoms with Gasteiger partial charge in [-0.3, -0.25) is 0 Å². The third kappa shape index (κ3) is 2.09. The maximum Gasteiger partial charge on any atom is 0.132 e. The van der Waals surface area contributed by atoms with Crippen LogP contribution in [0.2, 0.25) is 0 Å². The Balaban J connectivity index is 2.24. The number of aromatic nitrogens is 2. The normalized spacial score (nSPS) is 16.2. The lowest BCUT2D eigenvalue weighted by molar-refractivity contribution is 0.415. The monoisotopic (exact) mass is 206 g/mol. The van der Waals surface area contributed by atoms with E-state index < -0.39 is 0 Å². The number of anilines is 1. The molecule has 1 saturated heterocycles. The third-order valence-electron chi connectivity index (χ3n) is 2.79. The van der Waals surface area contributed by atoms with E-state index in [1.807, 2.05) is 13.8 Å². The molecule has 2 rings (SSSR count). The van der Waals surface area contributed by atoms with E-state index >= 15 is 0 Å². The van der Waals surface area contributed by atoms with E-state index in [1.165, 1.54) is 0 Å². The largest absolute Gasteiger partial charge is 0.351 e. The molecule has 82 valence electrons. The van der Waals surface area contributed by atoms with Gasteiger partial charge in [-0.2, -0.15) is 0 Å². The molecule has 0 bridgehead atoms. The van der Waals surface area contributed by atoms with Crippen LogP contribution in [0.1, 0.15) is 18.4 Å². The number of nitrogens with zero attached hydrogens (tertiary/aromatic N) is 3. The van der Waals surface area contributed by atoms with Crippen molar-refractivity contribution < 1.29 is 0 Å². The Labute approximate surface area is 90.7 Å². The van der Waals surface area contributed by atoms with Crippen LogP contribution in [0.15, 0.2) is 6.07 Å². The lowest BCUT2D eigenvalue weighted by atomic mass is 10.1. The molecule has 0 aromatic carbocycles. The molecular weight excluding hydrogens is 188 g/mol. The fraction of sp³-hybridized carbons (Fsp3) is 0.636. The van der Waals surface area contributed by atoms with Gasteiger partial charge in [0.2, 0.25) is 0 Å². The summed E-state index contributed by atoms with van der Waals surface area (Å²) in [4.78, 5) is 11.1. The highest BCUT2D eigenvalue weighted by atomic mass is 15.3. The van der Waals surface area contributed by atoms with Crippen LogP contribution in [0.25, 0.3) is 0 Å². The molecule has 0 amide bonds. The van der Waals surface area contributed by atoms with Crippen LogP contribution >= 0.6 is 0 Å². The SMILES string of the molecule is CCN(c1cc(C)nc(C)n1)C1CNC1. The smallest absolute Gasteiger partial charge is 0.132 e. The highest BCUT2D eigenvalue weighted by Gasteiger charge is 2.24. The van der Waals surface area contributed by atoms with Crippen LogP contribution in [-0.2, 0) is 0 Å². The molecule has 1 aliphatic rings.